The van der Waals surface area contributed by atoms with E-state index in [4.69, 9.17) is 5.73 Å². The first-order valence-corrected chi connectivity index (χ1v) is 8.41. The van der Waals surface area contributed by atoms with Crippen LogP contribution >= 0.6 is 0 Å². The number of likely N-dealkylation sites (tertiary alicyclic amines) is 1. The average Bonchev–Trinajstić information content (AvgIpc) is 2.95. The van der Waals surface area contributed by atoms with Gasteiger partial charge in [-0.2, -0.15) is 0 Å². The summed E-state index contributed by atoms with van der Waals surface area (Å²) < 4.78 is 0. The van der Waals surface area contributed by atoms with Gasteiger partial charge < -0.3 is 11.1 Å². The lowest BCUT2D eigenvalue weighted by atomic mass is 9.86. The van der Waals surface area contributed by atoms with Gasteiger partial charge in [0, 0.05) is 25.2 Å². The standard InChI is InChI=1S/C16H29N3O/c1-11-4-2-3-5-15(11)18-16(20)10-19-8-12-6-7-14(17)13(12)9-19/h11-15H,2-10,17H2,1H3,(H,18,20). The Morgan fingerprint density at radius 3 is 2.75 bits per heavy atom. The summed E-state index contributed by atoms with van der Waals surface area (Å²) >= 11 is 0. The molecule has 2 aliphatic carbocycles. The molecule has 1 heterocycles. The zero-order valence-electron chi connectivity index (χ0n) is 12.7. The normalized spacial score (nSPS) is 41.6. The van der Waals surface area contributed by atoms with E-state index in [-0.39, 0.29) is 5.91 Å². The zero-order valence-corrected chi connectivity index (χ0v) is 12.7. The molecule has 0 aromatic rings. The van der Waals surface area contributed by atoms with Gasteiger partial charge in [-0.3, -0.25) is 9.69 Å². The van der Waals surface area contributed by atoms with E-state index in [0.717, 1.165) is 25.4 Å². The van der Waals surface area contributed by atoms with E-state index < -0.39 is 0 Å². The average molecular weight is 279 g/mol. The van der Waals surface area contributed by atoms with E-state index in [0.29, 0.717) is 30.5 Å². The van der Waals surface area contributed by atoms with E-state index >= 15 is 0 Å². The van der Waals surface area contributed by atoms with Crippen LogP contribution in [-0.4, -0.2) is 42.5 Å². The minimum absolute atomic E-state index is 0.220. The maximum Gasteiger partial charge on any atom is 0.234 e. The number of nitrogens with two attached hydrogens (primary N) is 1. The van der Waals surface area contributed by atoms with Gasteiger partial charge in [-0.1, -0.05) is 19.8 Å². The second-order valence-electron chi connectivity index (χ2n) is 7.29. The van der Waals surface area contributed by atoms with Crippen LogP contribution in [0.4, 0.5) is 0 Å². The van der Waals surface area contributed by atoms with Gasteiger partial charge in [0.1, 0.15) is 0 Å². The maximum atomic E-state index is 12.2. The largest absolute Gasteiger partial charge is 0.352 e. The minimum atomic E-state index is 0.220. The van der Waals surface area contributed by atoms with Gasteiger partial charge in [-0.15, -0.1) is 0 Å². The van der Waals surface area contributed by atoms with Crippen molar-refractivity contribution in [2.45, 2.75) is 57.5 Å². The molecular weight excluding hydrogens is 250 g/mol. The van der Waals surface area contributed by atoms with E-state index in [2.05, 4.69) is 17.1 Å². The van der Waals surface area contributed by atoms with Gasteiger partial charge in [0.25, 0.3) is 0 Å². The zero-order chi connectivity index (χ0) is 14.1. The number of nitrogens with zero attached hydrogens (tertiary/aromatic N) is 1. The number of nitrogens with one attached hydrogen (secondary N) is 1. The molecule has 3 N–H and O–H groups in total. The van der Waals surface area contributed by atoms with Crippen LogP contribution in [0, 0.1) is 17.8 Å². The highest BCUT2D eigenvalue weighted by Gasteiger charge is 2.41. The molecule has 0 spiro atoms. The van der Waals surface area contributed by atoms with E-state index in [1.165, 1.54) is 32.1 Å². The maximum absolute atomic E-state index is 12.2. The molecule has 5 unspecified atom stereocenters. The third-order valence-corrected chi connectivity index (χ3v) is 5.81. The quantitative estimate of drug-likeness (QED) is 0.820. The van der Waals surface area contributed by atoms with Crippen molar-refractivity contribution in [1.82, 2.24) is 10.2 Å². The second-order valence-corrected chi connectivity index (χ2v) is 7.29. The predicted molar refractivity (Wildman–Crippen MR) is 80.2 cm³/mol. The SMILES string of the molecule is CC1CCCCC1NC(=O)CN1CC2CCC(N)C2C1. The second kappa shape index (κ2) is 6.02. The Labute approximate surface area is 122 Å². The Balaban J connectivity index is 1.45. The highest BCUT2D eigenvalue weighted by Crippen LogP contribution is 2.36. The summed E-state index contributed by atoms with van der Waals surface area (Å²) in [4.78, 5) is 14.5. The molecule has 3 rings (SSSR count). The van der Waals surface area contributed by atoms with E-state index in [9.17, 15) is 4.79 Å². The summed E-state index contributed by atoms with van der Waals surface area (Å²) in [5.41, 5.74) is 6.15. The van der Waals surface area contributed by atoms with Gasteiger partial charge in [-0.25, -0.2) is 0 Å². The van der Waals surface area contributed by atoms with Gasteiger partial charge in [0.05, 0.1) is 6.54 Å². The van der Waals surface area contributed by atoms with Crippen LogP contribution in [-0.2, 0) is 4.79 Å². The number of carbonyl (C=O) groups is 1. The van der Waals surface area contributed by atoms with Crippen LogP contribution in [0.15, 0.2) is 0 Å². The fraction of sp³-hybridized carbons (Fsp3) is 0.938. The molecule has 4 nitrogen and oxygen atoms in total. The van der Waals surface area contributed by atoms with Crippen molar-refractivity contribution in [3.05, 3.63) is 0 Å². The molecule has 3 aliphatic rings. The lowest BCUT2D eigenvalue weighted by Crippen LogP contribution is -2.45. The van der Waals surface area contributed by atoms with Crippen molar-refractivity contribution >= 4 is 5.91 Å². The molecular formula is C16H29N3O. The number of fused-ring (bicyclic) bond motifs is 1. The summed E-state index contributed by atoms with van der Waals surface area (Å²) in [5.74, 6) is 2.24. The monoisotopic (exact) mass is 279 g/mol. The Morgan fingerprint density at radius 1 is 1.20 bits per heavy atom. The van der Waals surface area contributed by atoms with Gasteiger partial charge in [-0.05, 0) is 43.4 Å². The molecule has 4 heteroatoms. The van der Waals surface area contributed by atoms with Crippen LogP contribution in [0.5, 0.6) is 0 Å². The van der Waals surface area contributed by atoms with Crippen molar-refractivity contribution in [2.75, 3.05) is 19.6 Å². The molecule has 1 saturated heterocycles. The number of rotatable bonds is 3. The first-order valence-electron chi connectivity index (χ1n) is 8.41. The van der Waals surface area contributed by atoms with Crippen LogP contribution in [0.1, 0.15) is 45.4 Å². The predicted octanol–water partition coefficient (Wildman–Crippen LogP) is 1.35. The first-order chi connectivity index (χ1) is 9.63. The van der Waals surface area contributed by atoms with Crippen molar-refractivity contribution in [1.29, 1.82) is 0 Å². The van der Waals surface area contributed by atoms with Crippen LogP contribution in [0.3, 0.4) is 0 Å². The van der Waals surface area contributed by atoms with Crippen LogP contribution < -0.4 is 11.1 Å². The molecule has 2 saturated carbocycles. The van der Waals surface area contributed by atoms with Gasteiger partial charge in [0.2, 0.25) is 5.91 Å². The Kier molecular flexibility index (Phi) is 4.32. The van der Waals surface area contributed by atoms with E-state index in [1.807, 2.05) is 0 Å². The Morgan fingerprint density at radius 2 is 2.00 bits per heavy atom. The number of hydrogen-bond acceptors (Lipinski definition) is 3. The highest BCUT2D eigenvalue weighted by atomic mass is 16.2. The molecule has 0 aromatic heterocycles. The van der Waals surface area contributed by atoms with Crippen LogP contribution in [0.2, 0.25) is 0 Å². The summed E-state index contributed by atoms with van der Waals surface area (Å²) in [6.45, 7) is 4.94. The smallest absolute Gasteiger partial charge is 0.234 e. The van der Waals surface area contributed by atoms with Crippen molar-refractivity contribution in [2.24, 2.45) is 23.5 Å². The molecule has 0 radical (unpaired) electrons. The molecule has 0 bridgehead atoms. The van der Waals surface area contributed by atoms with Crippen molar-refractivity contribution in [3.8, 4) is 0 Å². The highest BCUT2D eigenvalue weighted by molar-refractivity contribution is 5.78. The molecule has 0 aromatic carbocycles. The van der Waals surface area contributed by atoms with Crippen LogP contribution in [0.25, 0.3) is 0 Å². The summed E-state index contributed by atoms with van der Waals surface area (Å²) in [5, 5.41) is 3.26. The molecule has 3 fully saturated rings. The molecule has 1 aliphatic heterocycles. The van der Waals surface area contributed by atoms with Gasteiger partial charge in [0.15, 0.2) is 0 Å². The Bertz CT molecular complexity index is 360. The lowest BCUT2D eigenvalue weighted by Gasteiger charge is -2.30. The third-order valence-electron chi connectivity index (χ3n) is 5.81. The molecule has 5 atom stereocenters. The fourth-order valence-electron chi connectivity index (χ4n) is 4.52. The minimum Gasteiger partial charge on any atom is -0.352 e. The van der Waals surface area contributed by atoms with Crippen molar-refractivity contribution < 1.29 is 4.79 Å². The van der Waals surface area contributed by atoms with E-state index in [1.54, 1.807) is 0 Å². The third kappa shape index (κ3) is 3.01. The van der Waals surface area contributed by atoms with Gasteiger partial charge >= 0.3 is 0 Å². The molecule has 114 valence electrons. The summed E-state index contributed by atoms with van der Waals surface area (Å²) in [6.07, 6.45) is 7.42. The molecule has 20 heavy (non-hydrogen) atoms. The number of amides is 1. The lowest BCUT2D eigenvalue weighted by molar-refractivity contribution is -0.123. The molecule has 1 amide bonds. The summed E-state index contributed by atoms with van der Waals surface area (Å²) in [7, 11) is 0. The van der Waals surface area contributed by atoms with Crippen molar-refractivity contribution in [3.63, 3.8) is 0 Å². The number of hydrogen-bond donors (Lipinski definition) is 2. The number of carbonyl (C=O) groups excluding carboxylic acids is 1. The first kappa shape index (κ1) is 14.3. The Hall–Kier alpha value is -0.610. The summed E-state index contributed by atoms with van der Waals surface area (Å²) in [6, 6.07) is 0.770. The topological polar surface area (TPSA) is 58.4 Å². The fourth-order valence-corrected chi connectivity index (χ4v) is 4.52.